The van der Waals surface area contributed by atoms with Crippen LogP contribution >= 0.6 is 22.9 Å². The van der Waals surface area contributed by atoms with E-state index in [1.807, 2.05) is 10.3 Å². The molecule has 0 spiro atoms. The number of piperidine rings is 1. The van der Waals surface area contributed by atoms with Gasteiger partial charge in [0, 0.05) is 18.0 Å². The molecule has 0 radical (unpaired) electrons. The standard InChI is InChI=1S/C12H14ClNO4S/c13-9-2-4-19-10(9)6-14-3-1-7(11(15)16)8(5-14)12(17)18/h2,4,7-8H,1,3,5-6H2,(H,15,16)(H,17,18). The molecule has 1 aromatic rings. The zero-order valence-electron chi connectivity index (χ0n) is 10.1. The number of halogens is 1. The number of carboxylic acids is 2. The van der Waals surface area contributed by atoms with Gasteiger partial charge in [-0.05, 0) is 24.4 Å². The highest BCUT2D eigenvalue weighted by Crippen LogP contribution is 2.29. The Morgan fingerprint density at radius 1 is 1.37 bits per heavy atom. The molecule has 7 heteroatoms. The number of hydrogen-bond donors (Lipinski definition) is 2. The van der Waals surface area contributed by atoms with Crippen molar-refractivity contribution in [3.05, 3.63) is 21.3 Å². The molecule has 104 valence electrons. The first-order valence-corrected chi connectivity index (χ1v) is 7.14. The number of likely N-dealkylation sites (tertiary alicyclic amines) is 1. The second-order valence-electron chi connectivity index (χ2n) is 4.60. The molecule has 1 aliphatic heterocycles. The van der Waals surface area contributed by atoms with Gasteiger partial charge in [-0.3, -0.25) is 14.5 Å². The Morgan fingerprint density at radius 2 is 2.05 bits per heavy atom. The van der Waals surface area contributed by atoms with Crippen molar-refractivity contribution in [1.82, 2.24) is 4.90 Å². The quantitative estimate of drug-likeness (QED) is 0.889. The minimum atomic E-state index is -1.05. The molecule has 2 unspecified atom stereocenters. The van der Waals surface area contributed by atoms with Gasteiger partial charge in [0.25, 0.3) is 0 Å². The van der Waals surface area contributed by atoms with Crippen LogP contribution in [0.1, 0.15) is 11.3 Å². The van der Waals surface area contributed by atoms with Crippen LogP contribution in [0.25, 0.3) is 0 Å². The molecule has 0 bridgehead atoms. The molecule has 5 nitrogen and oxygen atoms in total. The lowest BCUT2D eigenvalue weighted by Gasteiger charge is -2.34. The number of carboxylic acid groups (broad SMARTS) is 2. The van der Waals surface area contributed by atoms with Gasteiger partial charge < -0.3 is 10.2 Å². The molecule has 1 saturated heterocycles. The number of thiophene rings is 1. The third-order valence-electron chi connectivity index (χ3n) is 3.39. The summed E-state index contributed by atoms with van der Waals surface area (Å²) in [4.78, 5) is 25.2. The number of rotatable bonds is 4. The topological polar surface area (TPSA) is 77.8 Å². The summed E-state index contributed by atoms with van der Waals surface area (Å²) >= 11 is 7.53. The smallest absolute Gasteiger partial charge is 0.308 e. The fourth-order valence-electron chi connectivity index (χ4n) is 2.35. The molecular formula is C12H14ClNO4S. The first kappa shape index (κ1) is 14.3. The summed E-state index contributed by atoms with van der Waals surface area (Å²) in [5.41, 5.74) is 0. The van der Waals surface area contributed by atoms with Gasteiger partial charge in [-0.15, -0.1) is 11.3 Å². The number of aliphatic carboxylic acids is 2. The Balaban J connectivity index is 2.05. The molecule has 2 heterocycles. The van der Waals surface area contributed by atoms with E-state index in [4.69, 9.17) is 21.8 Å². The highest BCUT2D eigenvalue weighted by atomic mass is 35.5. The highest BCUT2D eigenvalue weighted by Gasteiger charge is 2.38. The average Bonchev–Trinajstić information content (AvgIpc) is 2.74. The summed E-state index contributed by atoms with van der Waals surface area (Å²) in [6.07, 6.45) is 0.356. The van der Waals surface area contributed by atoms with E-state index in [9.17, 15) is 9.59 Å². The highest BCUT2D eigenvalue weighted by molar-refractivity contribution is 7.10. The van der Waals surface area contributed by atoms with Crippen LogP contribution in [0.3, 0.4) is 0 Å². The lowest BCUT2D eigenvalue weighted by Crippen LogP contribution is -2.46. The number of carbonyl (C=O) groups is 2. The zero-order chi connectivity index (χ0) is 14.0. The fraction of sp³-hybridized carbons (Fsp3) is 0.500. The van der Waals surface area contributed by atoms with Crippen molar-refractivity contribution in [3.8, 4) is 0 Å². The van der Waals surface area contributed by atoms with Crippen molar-refractivity contribution in [2.75, 3.05) is 13.1 Å². The molecule has 1 aliphatic rings. The van der Waals surface area contributed by atoms with E-state index in [-0.39, 0.29) is 6.54 Å². The minimum Gasteiger partial charge on any atom is -0.481 e. The van der Waals surface area contributed by atoms with Crippen molar-refractivity contribution < 1.29 is 19.8 Å². The molecule has 2 N–H and O–H groups in total. The van der Waals surface area contributed by atoms with Gasteiger partial charge in [-0.1, -0.05) is 11.6 Å². The normalized spacial score (nSPS) is 24.3. The summed E-state index contributed by atoms with van der Waals surface area (Å²) in [6.45, 7) is 1.40. The average molecular weight is 304 g/mol. The van der Waals surface area contributed by atoms with Gasteiger partial charge >= 0.3 is 11.9 Å². The van der Waals surface area contributed by atoms with Crippen LogP contribution in [-0.4, -0.2) is 40.1 Å². The third-order valence-corrected chi connectivity index (χ3v) is 4.76. The van der Waals surface area contributed by atoms with E-state index < -0.39 is 23.8 Å². The summed E-state index contributed by atoms with van der Waals surface area (Å²) < 4.78 is 0. The fourth-order valence-corrected chi connectivity index (χ4v) is 3.49. The van der Waals surface area contributed by atoms with Crippen LogP contribution in [0, 0.1) is 11.8 Å². The van der Waals surface area contributed by atoms with Crippen molar-refractivity contribution in [2.24, 2.45) is 11.8 Å². The Hall–Kier alpha value is -1.11. The lowest BCUT2D eigenvalue weighted by atomic mass is 9.85. The zero-order valence-corrected chi connectivity index (χ0v) is 11.7. The lowest BCUT2D eigenvalue weighted by molar-refractivity contribution is -0.157. The van der Waals surface area contributed by atoms with Crippen LogP contribution in [0.4, 0.5) is 0 Å². The summed E-state index contributed by atoms with van der Waals surface area (Å²) in [5.74, 6) is -3.73. The minimum absolute atomic E-state index is 0.251. The van der Waals surface area contributed by atoms with Crippen molar-refractivity contribution in [2.45, 2.75) is 13.0 Å². The molecular weight excluding hydrogens is 290 g/mol. The van der Waals surface area contributed by atoms with E-state index in [1.165, 1.54) is 11.3 Å². The van der Waals surface area contributed by atoms with Gasteiger partial charge in [0.05, 0.1) is 16.9 Å². The van der Waals surface area contributed by atoms with E-state index in [1.54, 1.807) is 6.07 Å². The predicted octanol–water partition coefficient (Wildman–Crippen LogP) is 2.01. The van der Waals surface area contributed by atoms with Crippen LogP contribution in [0.15, 0.2) is 11.4 Å². The van der Waals surface area contributed by atoms with Crippen LogP contribution < -0.4 is 0 Å². The molecule has 0 aliphatic carbocycles. The Kier molecular flexibility index (Phi) is 4.44. The maximum Gasteiger partial charge on any atom is 0.308 e. The van der Waals surface area contributed by atoms with Crippen molar-refractivity contribution in [3.63, 3.8) is 0 Å². The first-order valence-electron chi connectivity index (χ1n) is 5.89. The summed E-state index contributed by atoms with van der Waals surface area (Å²) in [7, 11) is 0. The predicted molar refractivity (Wildman–Crippen MR) is 71.5 cm³/mol. The summed E-state index contributed by atoms with van der Waals surface area (Å²) in [6, 6.07) is 1.81. The maximum absolute atomic E-state index is 11.2. The first-order chi connectivity index (χ1) is 8.99. The summed E-state index contributed by atoms with van der Waals surface area (Å²) in [5, 5.41) is 20.7. The van der Waals surface area contributed by atoms with Crippen LogP contribution in [0.2, 0.25) is 5.02 Å². The SMILES string of the molecule is O=C(O)C1CCN(Cc2sccc2Cl)CC1C(=O)O. The van der Waals surface area contributed by atoms with Gasteiger partial charge in [-0.25, -0.2) is 0 Å². The Bertz CT molecular complexity index is 490. The molecule has 2 rings (SSSR count). The second kappa shape index (κ2) is 5.90. The monoisotopic (exact) mass is 303 g/mol. The van der Waals surface area contributed by atoms with E-state index in [0.29, 0.717) is 24.5 Å². The molecule has 1 aromatic heterocycles. The van der Waals surface area contributed by atoms with Gasteiger partial charge in [0.15, 0.2) is 0 Å². The van der Waals surface area contributed by atoms with Crippen LogP contribution in [-0.2, 0) is 16.1 Å². The number of nitrogens with zero attached hydrogens (tertiary/aromatic N) is 1. The molecule has 0 saturated carbocycles. The molecule has 2 atom stereocenters. The largest absolute Gasteiger partial charge is 0.481 e. The van der Waals surface area contributed by atoms with Crippen molar-refractivity contribution >= 4 is 34.9 Å². The van der Waals surface area contributed by atoms with Crippen LogP contribution in [0.5, 0.6) is 0 Å². The van der Waals surface area contributed by atoms with Gasteiger partial charge in [0.2, 0.25) is 0 Å². The third kappa shape index (κ3) is 3.26. The maximum atomic E-state index is 11.2. The second-order valence-corrected chi connectivity index (χ2v) is 6.01. The van der Waals surface area contributed by atoms with E-state index >= 15 is 0 Å². The Morgan fingerprint density at radius 3 is 2.58 bits per heavy atom. The van der Waals surface area contributed by atoms with Gasteiger partial charge in [-0.2, -0.15) is 0 Å². The molecule has 0 amide bonds. The molecule has 1 fully saturated rings. The van der Waals surface area contributed by atoms with E-state index in [2.05, 4.69) is 0 Å². The van der Waals surface area contributed by atoms with Crippen molar-refractivity contribution in [1.29, 1.82) is 0 Å². The number of hydrogen-bond acceptors (Lipinski definition) is 4. The molecule has 0 aromatic carbocycles. The molecule has 19 heavy (non-hydrogen) atoms. The van der Waals surface area contributed by atoms with E-state index in [0.717, 1.165) is 4.88 Å². The Labute approximate surface area is 119 Å². The van der Waals surface area contributed by atoms with Gasteiger partial charge in [0.1, 0.15) is 0 Å².